The van der Waals surface area contributed by atoms with Gasteiger partial charge >= 0.3 is 0 Å². The quantitative estimate of drug-likeness (QED) is 0.414. The number of anilines is 1. The van der Waals surface area contributed by atoms with Crippen molar-refractivity contribution in [3.63, 3.8) is 0 Å². The Morgan fingerprint density at radius 1 is 0.938 bits per heavy atom. The van der Waals surface area contributed by atoms with Gasteiger partial charge in [0, 0.05) is 11.8 Å². The van der Waals surface area contributed by atoms with Crippen LogP contribution in [0.5, 0.6) is 5.75 Å². The third-order valence-corrected chi connectivity index (χ3v) is 5.28. The summed E-state index contributed by atoms with van der Waals surface area (Å²) in [6, 6.07) is 22.0. The molecular formula is C27H27N3O2. The van der Waals surface area contributed by atoms with Gasteiger partial charge in [0.05, 0.1) is 18.4 Å². The molecule has 1 amide bonds. The first-order valence-electron chi connectivity index (χ1n) is 10.6. The standard InChI is InChI=1S/C27H27N3O2/c1-19-8-11-22(12-9-19)16-30-17-25(15-28-30)29-27(31)24-6-4-5-23(14-24)18-32-26-13-20(2)7-10-21(26)3/h4-15,17H,16,18H2,1-3H3,(H,29,31). The molecule has 5 heteroatoms. The number of nitrogens with one attached hydrogen (secondary N) is 1. The number of benzene rings is 3. The Labute approximate surface area is 188 Å². The van der Waals surface area contributed by atoms with Crippen molar-refractivity contribution in [2.75, 3.05) is 5.32 Å². The van der Waals surface area contributed by atoms with E-state index in [0.717, 1.165) is 28.0 Å². The van der Waals surface area contributed by atoms with Gasteiger partial charge in [0.25, 0.3) is 5.91 Å². The minimum Gasteiger partial charge on any atom is -0.489 e. The summed E-state index contributed by atoms with van der Waals surface area (Å²) in [7, 11) is 0. The molecule has 5 nitrogen and oxygen atoms in total. The lowest BCUT2D eigenvalue weighted by Gasteiger charge is -2.11. The summed E-state index contributed by atoms with van der Waals surface area (Å²) in [6.07, 6.45) is 3.50. The third-order valence-electron chi connectivity index (χ3n) is 5.28. The van der Waals surface area contributed by atoms with Crippen LogP contribution in [0.3, 0.4) is 0 Å². The molecule has 0 saturated heterocycles. The summed E-state index contributed by atoms with van der Waals surface area (Å²) >= 11 is 0. The van der Waals surface area contributed by atoms with Gasteiger partial charge < -0.3 is 10.1 Å². The summed E-state index contributed by atoms with van der Waals surface area (Å²) < 4.78 is 7.79. The predicted octanol–water partition coefficient (Wildman–Crippen LogP) is 5.69. The molecule has 1 N–H and O–H groups in total. The SMILES string of the molecule is Cc1ccc(Cn2cc(NC(=O)c3cccc(COc4cc(C)ccc4C)c3)cn2)cc1. The molecule has 162 valence electrons. The Bertz CT molecular complexity index is 1230. The number of rotatable bonds is 7. The Morgan fingerprint density at radius 3 is 2.53 bits per heavy atom. The zero-order valence-electron chi connectivity index (χ0n) is 18.6. The van der Waals surface area contributed by atoms with Crippen molar-refractivity contribution in [2.45, 2.75) is 33.9 Å². The van der Waals surface area contributed by atoms with Crippen molar-refractivity contribution in [1.82, 2.24) is 9.78 Å². The monoisotopic (exact) mass is 425 g/mol. The number of carbonyl (C=O) groups is 1. The second-order valence-corrected chi connectivity index (χ2v) is 8.12. The zero-order chi connectivity index (χ0) is 22.5. The first kappa shape index (κ1) is 21.4. The van der Waals surface area contributed by atoms with E-state index in [1.54, 1.807) is 12.3 Å². The van der Waals surface area contributed by atoms with E-state index in [4.69, 9.17) is 4.74 Å². The smallest absolute Gasteiger partial charge is 0.255 e. The van der Waals surface area contributed by atoms with Gasteiger partial charge in [-0.05, 0) is 61.2 Å². The topological polar surface area (TPSA) is 56.2 Å². The van der Waals surface area contributed by atoms with Crippen LogP contribution in [0.1, 0.15) is 38.2 Å². The van der Waals surface area contributed by atoms with Gasteiger partial charge in [-0.15, -0.1) is 0 Å². The normalized spacial score (nSPS) is 10.7. The van der Waals surface area contributed by atoms with Crippen LogP contribution in [0, 0.1) is 20.8 Å². The van der Waals surface area contributed by atoms with Crippen LogP contribution in [0.15, 0.2) is 79.1 Å². The molecule has 0 aliphatic heterocycles. The van der Waals surface area contributed by atoms with Crippen molar-refractivity contribution < 1.29 is 9.53 Å². The van der Waals surface area contributed by atoms with Crippen LogP contribution in [0.4, 0.5) is 5.69 Å². The fourth-order valence-electron chi connectivity index (χ4n) is 3.42. The van der Waals surface area contributed by atoms with E-state index >= 15 is 0 Å². The first-order chi connectivity index (χ1) is 15.5. The van der Waals surface area contributed by atoms with Crippen molar-refractivity contribution >= 4 is 11.6 Å². The average Bonchev–Trinajstić information content (AvgIpc) is 3.23. The summed E-state index contributed by atoms with van der Waals surface area (Å²) in [5.74, 6) is 0.689. The number of hydrogen-bond acceptors (Lipinski definition) is 3. The molecule has 1 aromatic heterocycles. The highest BCUT2D eigenvalue weighted by molar-refractivity contribution is 6.04. The molecule has 0 aliphatic carbocycles. The molecule has 32 heavy (non-hydrogen) atoms. The van der Waals surface area contributed by atoms with Crippen LogP contribution >= 0.6 is 0 Å². The van der Waals surface area contributed by atoms with Gasteiger partial charge in [0.1, 0.15) is 12.4 Å². The van der Waals surface area contributed by atoms with E-state index in [1.807, 2.05) is 55.1 Å². The molecule has 4 aromatic rings. The second kappa shape index (κ2) is 9.52. The number of aryl methyl sites for hydroxylation is 3. The number of hydrogen-bond donors (Lipinski definition) is 1. The predicted molar refractivity (Wildman–Crippen MR) is 127 cm³/mol. The lowest BCUT2D eigenvalue weighted by atomic mass is 10.1. The fraction of sp³-hybridized carbons (Fsp3) is 0.185. The van der Waals surface area contributed by atoms with Gasteiger partial charge in [-0.2, -0.15) is 5.10 Å². The van der Waals surface area contributed by atoms with Gasteiger partial charge in [-0.1, -0.05) is 54.1 Å². The highest BCUT2D eigenvalue weighted by Crippen LogP contribution is 2.21. The molecule has 0 unspecified atom stereocenters. The lowest BCUT2D eigenvalue weighted by molar-refractivity contribution is 0.102. The van der Waals surface area contributed by atoms with Crippen LogP contribution in [0.2, 0.25) is 0 Å². The van der Waals surface area contributed by atoms with Crippen molar-refractivity contribution in [2.24, 2.45) is 0 Å². The number of nitrogens with zero attached hydrogens (tertiary/aromatic N) is 2. The minimum absolute atomic E-state index is 0.173. The van der Waals surface area contributed by atoms with Crippen LogP contribution < -0.4 is 10.1 Å². The molecule has 0 bridgehead atoms. The maximum atomic E-state index is 12.8. The second-order valence-electron chi connectivity index (χ2n) is 8.12. The van der Waals surface area contributed by atoms with Gasteiger partial charge in [0.15, 0.2) is 0 Å². The van der Waals surface area contributed by atoms with Crippen LogP contribution in [-0.2, 0) is 13.2 Å². The third kappa shape index (κ3) is 5.43. The molecule has 0 aliphatic rings. The Morgan fingerprint density at radius 2 is 1.72 bits per heavy atom. The van der Waals surface area contributed by atoms with Gasteiger partial charge in [-0.25, -0.2) is 0 Å². The zero-order valence-corrected chi connectivity index (χ0v) is 18.6. The molecule has 0 fully saturated rings. The number of aromatic nitrogens is 2. The molecule has 0 radical (unpaired) electrons. The Hall–Kier alpha value is -3.86. The van der Waals surface area contributed by atoms with Gasteiger partial charge in [0.2, 0.25) is 0 Å². The molecule has 3 aromatic carbocycles. The molecule has 0 saturated carbocycles. The summed E-state index contributed by atoms with van der Waals surface area (Å²) in [6.45, 7) is 7.19. The fourth-order valence-corrected chi connectivity index (χ4v) is 3.42. The maximum Gasteiger partial charge on any atom is 0.255 e. The minimum atomic E-state index is -0.173. The Balaban J connectivity index is 1.38. The molecule has 4 rings (SSSR count). The summed E-state index contributed by atoms with van der Waals surface area (Å²) in [5, 5.41) is 7.29. The molecular weight excluding hydrogens is 398 g/mol. The average molecular weight is 426 g/mol. The van der Waals surface area contributed by atoms with Crippen LogP contribution in [0.25, 0.3) is 0 Å². The molecule has 1 heterocycles. The number of amides is 1. The highest BCUT2D eigenvalue weighted by atomic mass is 16.5. The number of carbonyl (C=O) groups excluding carboxylic acids is 1. The van der Waals surface area contributed by atoms with Gasteiger partial charge in [-0.3, -0.25) is 9.48 Å². The van der Waals surface area contributed by atoms with E-state index in [0.29, 0.717) is 24.4 Å². The summed E-state index contributed by atoms with van der Waals surface area (Å²) in [5.41, 5.74) is 6.82. The van der Waals surface area contributed by atoms with E-state index in [-0.39, 0.29) is 5.91 Å². The van der Waals surface area contributed by atoms with E-state index in [1.165, 1.54) is 5.56 Å². The van der Waals surface area contributed by atoms with Crippen molar-refractivity contribution in [3.05, 3.63) is 113 Å². The van der Waals surface area contributed by atoms with E-state index in [2.05, 4.69) is 47.7 Å². The maximum absolute atomic E-state index is 12.8. The molecule has 0 spiro atoms. The first-order valence-corrected chi connectivity index (χ1v) is 10.6. The number of ether oxygens (including phenoxy) is 1. The van der Waals surface area contributed by atoms with Crippen molar-refractivity contribution in [1.29, 1.82) is 0 Å². The highest BCUT2D eigenvalue weighted by Gasteiger charge is 2.09. The van der Waals surface area contributed by atoms with E-state index in [9.17, 15) is 4.79 Å². The largest absolute Gasteiger partial charge is 0.489 e. The van der Waals surface area contributed by atoms with E-state index < -0.39 is 0 Å². The Kier molecular flexibility index (Phi) is 6.36. The lowest BCUT2D eigenvalue weighted by Crippen LogP contribution is -2.12. The summed E-state index contributed by atoms with van der Waals surface area (Å²) in [4.78, 5) is 12.8. The molecule has 0 atom stereocenters. The van der Waals surface area contributed by atoms with Crippen LogP contribution in [-0.4, -0.2) is 15.7 Å². The van der Waals surface area contributed by atoms with Crippen molar-refractivity contribution in [3.8, 4) is 5.75 Å².